The molecular weight excluding hydrogens is 304 g/mol. The first kappa shape index (κ1) is 13.7. The third-order valence-corrected chi connectivity index (χ3v) is 3.13. The number of pyridine rings is 1. The molecule has 1 N–H and O–H groups in total. The number of aryl methyl sites for hydroxylation is 2. The Balaban J connectivity index is 2.06. The second kappa shape index (κ2) is 6.48. The zero-order valence-electron chi connectivity index (χ0n) is 10.7. The van der Waals surface area contributed by atoms with Crippen LogP contribution in [0.4, 0.5) is 5.69 Å². The highest BCUT2D eigenvalue weighted by Gasteiger charge is 2.06. The van der Waals surface area contributed by atoms with E-state index in [2.05, 4.69) is 26.2 Å². The second-order valence-corrected chi connectivity index (χ2v) is 5.13. The molecule has 3 nitrogen and oxygen atoms in total. The number of nitrogens with one attached hydrogen (secondary N) is 1. The van der Waals surface area contributed by atoms with E-state index in [1.165, 1.54) is 5.56 Å². The number of hydrogen-bond acceptors (Lipinski definition) is 2. The minimum absolute atomic E-state index is 0.135. The number of hydrogen-bond donors (Lipinski definition) is 1. The highest BCUT2D eigenvalue weighted by atomic mass is 79.9. The number of aromatic nitrogens is 1. The van der Waals surface area contributed by atoms with Crippen LogP contribution < -0.4 is 5.32 Å². The van der Waals surface area contributed by atoms with Crippen LogP contribution in [0.2, 0.25) is 0 Å². The first-order chi connectivity index (χ1) is 9.19. The Morgan fingerprint density at radius 3 is 2.63 bits per heavy atom. The van der Waals surface area contributed by atoms with Crippen LogP contribution in [0.25, 0.3) is 0 Å². The first-order valence-corrected chi connectivity index (χ1v) is 7.19. The van der Waals surface area contributed by atoms with Gasteiger partial charge in [-0.2, -0.15) is 0 Å². The van der Waals surface area contributed by atoms with Crippen molar-refractivity contribution >= 4 is 27.5 Å². The molecular formula is C15H15BrN2O. The predicted octanol–water partition coefficient (Wildman–Crippen LogP) is 3.58. The Labute approximate surface area is 121 Å². The van der Waals surface area contributed by atoms with Crippen LogP contribution in [0.15, 0.2) is 42.7 Å². The van der Waals surface area contributed by atoms with Crippen LogP contribution in [-0.2, 0) is 6.42 Å². The van der Waals surface area contributed by atoms with Crippen molar-refractivity contribution in [2.45, 2.75) is 13.3 Å². The fraction of sp³-hybridized carbons (Fsp3) is 0.200. The van der Waals surface area contributed by atoms with E-state index in [0.29, 0.717) is 5.56 Å². The van der Waals surface area contributed by atoms with Gasteiger partial charge in [0.1, 0.15) is 0 Å². The van der Waals surface area contributed by atoms with Crippen molar-refractivity contribution in [2.75, 3.05) is 10.6 Å². The molecule has 0 saturated heterocycles. The van der Waals surface area contributed by atoms with Crippen LogP contribution in [0, 0.1) is 6.92 Å². The quantitative estimate of drug-likeness (QED) is 0.875. The molecule has 1 amide bonds. The second-order valence-electron chi connectivity index (χ2n) is 4.34. The third-order valence-electron chi connectivity index (χ3n) is 2.73. The number of carbonyl (C=O) groups is 1. The minimum atomic E-state index is -0.135. The van der Waals surface area contributed by atoms with Crippen molar-refractivity contribution in [1.29, 1.82) is 0 Å². The van der Waals surface area contributed by atoms with Gasteiger partial charge in [-0.1, -0.05) is 28.1 Å². The number of carbonyl (C=O) groups excluding carboxylic acids is 1. The van der Waals surface area contributed by atoms with Crippen LogP contribution in [0.5, 0.6) is 0 Å². The van der Waals surface area contributed by atoms with Crippen molar-refractivity contribution in [3.63, 3.8) is 0 Å². The summed E-state index contributed by atoms with van der Waals surface area (Å²) in [6, 6.07) is 9.69. The van der Waals surface area contributed by atoms with Crippen molar-refractivity contribution in [3.05, 3.63) is 59.4 Å². The highest BCUT2D eigenvalue weighted by molar-refractivity contribution is 9.09. The Kier molecular flexibility index (Phi) is 4.68. The molecule has 0 atom stereocenters. The summed E-state index contributed by atoms with van der Waals surface area (Å²) in [6.07, 6.45) is 4.28. The molecule has 0 fully saturated rings. The molecule has 98 valence electrons. The van der Waals surface area contributed by atoms with Crippen molar-refractivity contribution in [2.24, 2.45) is 0 Å². The van der Waals surface area contributed by atoms with E-state index in [0.717, 1.165) is 23.0 Å². The lowest BCUT2D eigenvalue weighted by Crippen LogP contribution is -2.12. The van der Waals surface area contributed by atoms with Gasteiger partial charge in [0, 0.05) is 23.4 Å². The van der Waals surface area contributed by atoms with Gasteiger partial charge in [0.05, 0.1) is 5.56 Å². The topological polar surface area (TPSA) is 42.0 Å². The van der Waals surface area contributed by atoms with E-state index >= 15 is 0 Å². The number of nitrogens with zero attached hydrogens (tertiary/aromatic N) is 1. The van der Waals surface area contributed by atoms with E-state index in [1.54, 1.807) is 12.4 Å². The third kappa shape index (κ3) is 3.89. The number of alkyl halides is 1. The lowest BCUT2D eigenvalue weighted by Gasteiger charge is -2.06. The van der Waals surface area contributed by atoms with Gasteiger partial charge in [-0.15, -0.1) is 0 Å². The molecule has 19 heavy (non-hydrogen) atoms. The molecule has 2 rings (SSSR count). The SMILES string of the molecule is Cc1cncc(C(=O)Nc2ccc(CCBr)cc2)c1. The van der Waals surface area contributed by atoms with E-state index in [-0.39, 0.29) is 5.91 Å². The normalized spacial score (nSPS) is 10.2. The molecule has 0 spiro atoms. The van der Waals surface area contributed by atoms with Gasteiger partial charge < -0.3 is 5.32 Å². The van der Waals surface area contributed by atoms with E-state index in [1.807, 2.05) is 37.3 Å². The smallest absolute Gasteiger partial charge is 0.257 e. The minimum Gasteiger partial charge on any atom is -0.322 e. The molecule has 0 aliphatic carbocycles. The van der Waals surface area contributed by atoms with E-state index in [4.69, 9.17) is 0 Å². The molecule has 1 heterocycles. The predicted molar refractivity (Wildman–Crippen MR) is 80.9 cm³/mol. The van der Waals surface area contributed by atoms with Crippen molar-refractivity contribution in [1.82, 2.24) is 4.98 Å². The molecule has 0 unspecified atom stereocenters. The monoisotopic (exact) mass is 318 g/mol. The van der Waals surface area contributed by atoms with Gasteiger partial charge in [-0.05, 0) is 42.7 Å². The summed E-state index contributed by atoms with van der Waals surface area (Å²) >= 11 is 3.41. The van der Waals surface area contributed by atoms with Gasteiger partial charge in [0.2, 0.25) is 0 Å². The van der Waals surface area contributed by atoms with Crippen molar-refractivity contribution < 1.29 is 4.79 Å². The average molecular weight is 319 g/mol. The van der Waals surface area contributed by atoms with Crippen LogP contribution >= 0.6 is 15.9 Å². The Morgan fingerprint density at radius 1 is 1.26 bits per heavy atom. The Morgan fingerprint density at radius 2 is 2.00 bits per heavy atom. The van der Waals surface area contributed by atoms with Gasteiger partial charge in [0.25, 0.3) is 5.91 Å². The maximum atomic E-state index is 12.0. The lowest BCUT2D eigenvalue weighted by atomic mass is 10.1. The molecule has 1 aromatic carbocycles. The van der Waals surface area contributed by atoms with Gasteiger partial charge >= 0.3 is 0 Å². The number of rotatable bonds is 4. The van der Waals surface area contributed by atoms with E-state index in [9.17, 15) is 4.79 Å². The van der Waals surface area contributed by atoms with Crippen LogP contribution in [-0.4, -0.2) is 16.2 Å². The Bertz CT molecular complexity index is 567. The van der Waals surface area contributed by atoms with Gasteiger partial charge in [0.15, 0.2) is 0 Å². The fourth-order valence-corrected chi connectivity index (χ4v) is 2.20. The van der Waals surface area contributed by atoms with Crippen LogP contribution in [0.3, 0.4) is 0 Å². The average Bonchev–Trinajstić information content (AvgIpc) is 2.41. The zero-order valence-corrected chi connectivity index (χ0v) is 12.3. The first-order valence-electron chi connectivity index (χ1n) is 6.07. The van der Waals surface area contributed by atoms with Crippen molar-refractivity contribution in [3.8, 4) is 0 Å². The largest absolute Gasteiger partial charge is 0.322 e. The molecule has 0 bridgehead atoms. The molecule has 0 radical (unpaired) electrons. The van der Waals surface area contributed by atoms with Crippen LogP contribution in [0.1, 0.15) is 21.5 Å². The number of halogens is 1. The fourth-order valence-electron chi connectivity index (χ4n) is 1.75. The van der Waals surface area contributed by atoms with Gasteiger partial charge in [-0.25, -0.2) is 0 Å². The standard InChI is InChI=1S/C15H15BrN2O/c1-11-8-13(10-17-9-11)15(19)18-14-4-2-12(3-5-14)6-7-16/h2-5,8-10H,6-7H2,1H3,(H,18,19). The number of anilines is 1. The van der Waals surface area contributed by atoms with Gasteiger partial charge in [-0.3, -0.25) is 9.78 Å². The summed E-state index contributed by atoms with van der Waals surface area (Å²) in [6.45, 7) is 1.92. The maximum Gasteiger partial charge on any atom is 0.257 e. The summed E-state index contributed by atoms with van der Waals surface area (Å²) in [7, 11) is 0. The number of benzene rings is 1. The van der Waals surface area contributed by atoms with E-state index < -0.39 is 0 Å². The summed E-state index contributed by atoms with van der Waals surface area (Å²) in [4.78, 5) is 16.0. The molecule has 4 heteroatoms. The molecule has 0 aliphatic heterocycles. The maximum absolute atomic E-state index is 12.0. The number of amides is 1. The molecule has 2 aromatic rings. The summed E-state index contributed by atoms with van der Waals surface area (Å²) in [5.74, 6) is -0.135. The highest BCUT2D eigenvalue weighted by Crippen LogP contribution is 2.12. The Hall–Kier alpha value is -1.68. The molecule has 1 aromatic heterocycles. The molecule has 0 saturated carbocycles. The summed E-state index contributed by atoms with van der Waals surface area (Å²) in [5.41, 5.74) is 3.58. The summed E-state index contributed by atoms with van der Waals surface area (Å²) in [5, 5.41) is 3.80. The zero-order chi connectivity index (χ0) is 13.7. The summed E-state index contributed by atoms with van der Waals surface area (Å²) < 4.78 is 0. The molecule has 0 aliphatic rings. The lowest BCUT2D eigenvalue weighted by molar-refractivity contribution is 0.102.